The van der Waals surface area contributed by atoms with E-state index in [9.17, 15) is 15.2 Å². The molecular weight excluding hydrogens is 158 g/mol. The van der Waals surface area contributed by atoms with Crippen LogP contribution in [0.15, 0.2) is 30.3 Å². The Morgan fingerprint density at radius 1 is 1.58 bits per heavy atom. The predicted octanol–water partition coefficient (Wildman–Crippen LogP) is 0.997. The number of aliphatic hydroxyl groups excluding tert-OH is 1. The summed E-state index contributed by atoms with van der Waals surface area (Å²) in [6, 6.07) is 7.71. The van der Waals surface area contributed by atoms with Gasteiger partial charge in [-0.2, -0.15) is 0 Å². The molecule has 1 aromatic rings. The van der Waals surface area contributed by atoms with Gasteiger partial charge < -0.3 is 5.11 Å². The summed E-state index contributed by atoms with van der Waals surface area (Å²) in [6.07, 6.45) is -1.75. The fourth-order valence-corrected chi connectivity index (χ4v) is 0.810. The van der Waals surface area contributed by atoms with Crippen LogP contribution in [0.1, 0.15) is 14.4 Å². The molecule has 0 heterocycles. The van der Waals surface area contributed by atoms with E-state index in [0.717, 1.165) is 0 Å². The van der Waals surface area contributed by atoms with E-state index in [2.05, 4.69) is 0 Å². The van der Waals surface area contributed by atoms with Crippen molar-refractivity contribution < 1.29 is 12.8 Å². The summed E-state index contributed by atoms with van der Waals surface area (Å²) >= 11 is 0. The molecule has 0 aliphatic rings. The Kier molecular flexibility index (Phi) is 1.96. The second kappa shape index (κ2) is 3.82. The zero-order valence-corrected chi connectivity index (χ0v) is 6.18. The molecule has 12 heavy (non-hydrogen) atoms. The Hall–Kier alpha value is -1.42. The number of nitro groups is 1. The summed E-state index contributed by atoms with van der Waals surface area (Å²) in [5.41, 5.74) is 0.189. The second-order valence-electron chi connectivity index (χ2n) is 2.20. The smallest absolute Gasteiger partial charge is 0.233 e. The van der Waals surface area contributed by atoms with Crippen LogP contribution in [0.25, 0.3) is 0 Å². The summed E-state index contributed by atoms with van der Waals surface area (Å²) in [6.45, 7) is -2.86. The molecule has 0 fully saturated rings. The van der Waals surface area contributed by atoms with Gasteiger partial charge in [0.05, 0.1) is 0 Å². The van der Waals surface area contributed by atoms with Gasteiger partial charge in [-0.3, -0.25) is 10.1 Å². The lowest BCUT2D eigenvalue weighted by Gasteiger charge is -2.04. The van der Waals surface area contributed by atoms with Gasteiger partial charge in [-0.25, -0.2) is 0 Å². The molecule has 0 amide bonds. The van der Waals surface area contributed by atoms with Gasteiger partial charge in [0.15, 0.2) is 0 Å². The Labute approximate surface area is 72.4 Å². The monoisotopic (exact) mass is 169 g/mol. The molecule has 1 aromatic carbocycles. The Balaban J connectivity index is 2.96. The van der Waals surface area contributed by atoms with Crippen LogP contribution in [-0.4, -0.2) is 16.5 Å². The van der Waals surface area contributed by atoms with E-state index in [0.29, 0.717) is 0 Å². The number of benzene rings is 1. The van der Waals surface area contributed by atoms with Crippen LogP contribution in [0.5, 0.6) is 0 Å². The van der Waals surface area contributed by atoms with Crippen molar-refractivity contribution in [1.82, 2.24) is 0 Å². The van der Waals surface area contributed by atoms with Crippen molar-refractivity contribution in [2.24, 2.45) is 0 Å². The average Bonchev–Trinajstić information content (AvgIpc) is 2.17. The van der Waals surface area contributed by atoms with Gasteiger partial charge in [-0.15, -0.1) is 0 Å². The fourth-order valence-electron chi connectivity index (χ4n) is 0.810. The third-order valence-corrected chi connectivity index (χ3v) is 1.34. The minimum atomic E-state index is -2.86. The molecule has 1 N–H and O–H groups in total. The van der Waals surface area contributed by atoms with Gasteiger partial charge in [-0.05, 0) is 5.56 Å². The third-order valence-electron chi connectivity index (χ3n) is 1.34. The van der Waals surface area contributed by atoms with Gasteiger partial charge in [0.2, 0.25) is 6.50 Å². The first-order valence-corrected chi connectivity index (χ1v) is 3.33. The SMILES string of the molecule is [2H]C([2H])(C(O)c1ccccc1)[N+](=O)[O-]. The molecule has 0 radical (unpaired) electrons. The molecule has 0 bridgehead atoms. The Bertz CT molecular complexity index is 329. The summed E-state index contributed by atoms with van der Waals surface area (Å²) in [4.78, 5) is 9.17. The summed E-state index contributed by atoms with van der Waals surface area (Å²) in [5.74, 6) is 0. The van der Waals surface area contributed by atoms with Crippen LogP contribution in [0.4, 0.5) is 0 Å². The van der Waals surface area contributed by atoms with Crippen LogP contribution in [0.3, 0.4) is 0 Å². The van der Waals surface area contributed by atoms with E-state index in [4.69, 9.17) is 2.74 Å². The van der Waals surface area contributed by atoms with Gasteiger partial charge >= 0.3 is 0 Å². The summed E-state index contributed by atoms with van der Waals surface area (Å²) in [5, 5.41) is 19.7. The maximum Gasteiger partial charge on any atom is 0.233 e. The van der Waals surface area contributed by atoms with Crippen molar-refractivity contribution in [3.05, 3.63) is 46.0 Å². The first-order valence-electron chi connectivity index (χ1n) is 4.33. The first kappa shape index (κ1) is 6.14. The predicted molar refractivity (Wildman–Crippen MR) is 43.3 cm³/mol. The van der Waals surface area contributed by atoms with Gasteiger partial charge in [0.25, 0.3) is 0 Å². The normalized spacial score (nSPS) is 16.1. The van der Waals surface area contributed by atoms with Crippen molar-refractivity contribution in [2.75, 3.05) is 6.50 Å². The highest BCUT2D eigenvalue weighted by Gasteiger charge is 2.12. The minimum absolute atomic E-state index is 0.189. The number of hydrogen-bond donors (Lipinski definition) is 1. The largest absolute Gasteiger partial charge is 0.382 e. The van der Waals surface area contributed by atoms with Crippen molar-refractivity contribution in [3.63, 3.8) is 0 Å². The molecule has 0 spiro atoms. The molecule has 0 saturated carbocycles. The molecule has 1 atom stereocenters. The van der Waals surface area contributed by atoms with E-state index < -0.39 is 17.5 Å². The summed E-state index contributed by atoms with van der Waals surface area (Å²) < 4.78 is 14.1. The number of nitrogens with zero attached hydrogens (tertiary/aromatic N) is 1. The second-order valence-corrected chi connectivity index (χ2v) is 2.20. The highest BCUT2D eigenvalue weighted by molar-refractivity contribution is 5.17. The van der Waals surface area contributed by atoms with Crippen LogP contribution in [-0.2, 0) is 0 Å². The zero-order valence-electron chi connectivity index (χ0n) is 8.18. The Morgan fingerprint density at radius 2 is 2.17 bits per heavy atom. The molecule has 0 aliphatic heterocycles. The van der Waals surface area contributed by atoms with E-state index in [1.807, 2.05) is 0 Å². The molecule has 0 saturated heterocycles. The minimum Gasteiger partial charge on any atom is -0.382 e. The number of rotatable bonds is 3. The maximum absolute atomic E-state index is 10.3. The first-order chi connectivity index (χ1) is 6.46. The number of hydrogen-bond acceptors (Lipinski definition) is 3. The molecule has 0 aliphatic carbocycles. The highest BCUT2D eigenvalue weighted by Crippen LogP contribution is 2.11. The third kappa shape index (κ3) is 2.32. The van der Waals surface area contributed by atoms with Crippen molar-refractivity contribution in [3.8, 4) is 0 Å². The van der Waals surface area contributed by atoms with Crippen molar-refractivity contribution in [1.29, 1.82) is 0 Å². The summed E-state index contributed by atoms with van der Waals surface area (Å²) in [7, 11) is 0. The van der Waals surface area contributed by atoms with Crippen molar-refractivity contribution in [2.45, 2.75) is 6.10 Å². The standard InChI is InChI=1S/C8H9NO3/c10-8(6-9(11)12)7-4-2-1-3-5-7/h1-5,8,10H,6H2/i6D2. The lowest BCUT2D eigenvalue weighted by Crippen LogP contribution is -2.11. The maximum atomic E-state index is 10.3. The van der Waals surface area contributed by atoms with Gasteiger partial charge in [0, 0.05) is 4.92 Å². The lowest BCUT2D eigenvalue weighted by molar-refractivity contribution is -0.491. The van der Waals surface area contributed by atoms with E-state index in [1.54, 1.807) is 18.2 Å². The van der Waals surface area contributed by atoms with Crippen molar-refractivity contribution >= 4 is 0 Å². The van der Waals surface area contributed by atoms with E-state index in [-0.39, 0.29) is 5.56 Å². The van der Waals surface area contributed by atoms with E-state index >= 15 is 0 Å². The van der Waals surface area contributed by atoms with Crippen LogP contribution >= 0.6 is 0 Å². The highest BCUT2D eigenvalue weighted by atomic mass is 16.6. The van der Waals surface area contributed by atoms with Crippen LogP contribution in [0, 0.1) is 10.1 Å². The van der Waals surface area contributed by atoms with Crippen LogP contribution in [0.2, 0.25) is 0 Å². The molecule has 1 unspecified atom stereocenters. The Morgan fingerprint density at radius 3 is 2.67 bits per heavy atom. The molecule has 4 nitrogen and oxygen atoms in total. The van der Waals surface area contributed by atoms with Gasteiger partial charge in [-0.1, -0.05) is 30.3 Å². The van der Waals surface area contributed by atoms with Gasteiger partial charge in [0.1, 0.15) is 8.85 Å². The molecule has 1 rings (SSSR count). The van der Waals surface area contributed by atoms with Crippen LogP contribution < -0.4 is 0 Å². The van der Waals surface area contributed by atoms with E-state index in [1.165, 1.54) is 12.1 Å². The molecule has 4 heteroatoms. The lowest BCUT2D eigenvalue weighted by atomic mass is 10.1. The molecular formula is C8H9NO3. The fraction of sp³-hybridized carbons (Fsp3) is 0.250. The molecule has 0 aromatic heterocycles. The number of aliphatic hydroxyl groups is 1. The topological polar surface area (TPSA) is 63.4 Å². The molecule has 64 valence electrons. The quantitative estimate of drug-likeness (QED) is 0.542. The zero-order chi connectivity index (χ0) is 10.8. The average molecular weight is 169 g/mol.